The summed E-state index contributed by atoms with van der Waals surface area (Å²) in [5.74, 6) is 0.102. The first kappa shape index (κ1) is 19.6. The second-order valence-corrected chi connectivity index (χ2v) is 7.89. The molecular formula is C16H21N5O4S2. The molecule has 2 aliphatic rings. The number of nitrogens with one attached hydrogen (secondary N) is 1. The molecule has 146 valence electrons. The Kier molecular flexibility index (Phi) is 6.02. The molecule has 2 amide bonds. The van der Waals surface area contributed by atoms with Gasteiger partial charge in [-0.2, -0.15) is 0 Å². The van der Waals surface area contributed by atoms with Crippen molar-refractivity contribution in [3.05, 3.63) is 22.3 Å². The number of ether oxygens (including phenoxy) is 1. The maximum Gasteiger partial charge on any atom is 0.276 e. The van der Waals surface area contributed by atoms with E-state index < -0.39 is 11.9 Å². The van der Waals surface area contributed by atoms with Crippen molar-refractivity contribution < 1.29 is 19.2 Å². The first-order chi connectivity index (χ1) is 13.0. The minimum Gasteiger partial charge on any atom is -0.398 e. The Morgan fingerprint density at radius 1 is 1.52 bits per heavy atom. The molecule has 27 heavy (non-hydrogen) atoms. The van der Waals surface area contributed by atoms with Crippen LogP contribution in [0.4, 0.5) is 5.13 Å². The zero-order valence-electron chi connectivity index (χ0n) is 15.2. The standard InChI is InChI=1S/C16H21N5O4S2/c1-4-10-8(5-24-2)6-26-15-12(14(23)21(10)15)19-13(22)11(20-25-3)9-7-27-16(17)18-9/h7,12,15H,4-6H2,1-3H3,(H2,17,18)(H,19,22)/b20-11-. The quantitative estimate of drug-likeness (QED) is 0.387. The van der Waals surface area contributed by atoms with Crippen molar-refractivity contribution in [2.24, 2.45) is 5.16 Å². The third-order valence-corrected chi connectivity index (χ3v) is 6.29. The highest BCUT2D eigenvalue weighted by Crippen LogP contribution is 2.41. The highest BCUT2D eigenvalue weighted by molar-refractivity contribution is 8.00. The van der Waals surface area contributed by atoms with Crippen LogP contribution in [0.2, 0.25) is 0 Å². The number of anilines is 1. The molecule has 0 aromatic carbocycles. The van der Waals surface area contributed by atoms with Crippen LogP contribution in [0.1, 0.15) is 19.0 Å². The first-order valence-electron chi connectivity index (χ1n) is 8.29. The third-order valence-electron chi connectivity index (χ3n) is 4.27. The lowest BCUT2D eigenvalue weighted by molar-refractivity contribution is -0.145. The highest BCUT2D eigenvalue weighted by atomic mass is 32.2. The number of nitrogens with two attached hydrogens (primary N) is 1. The van der Waals surface area contributed by atoms with E-state index in [0.29, 0.717) is 17.4 Å². The van der Waals surface area contributed by atoms with Gasteiger partial charge in [-0.1, -0.05) is 12.1 Å². The predicted molar refractivity (Wildman–Crippen MR) is 104 cm³/mol. The smallest absolute Gasteiger partial charge is 0.276 e. The van der Waals surface area contributed by atoms with E-state index >= 15 is 0 Å². The van der Waals surface area contributed by atoms with E-state index in [1.54, 1.807) is 29.2 Å². The molecule has 0 spiro atoms. The van der Waals surface area contributed by atoms with E-state index in [-0.39, 0.29) is 17.0 Å². The number of carbonyl (C=O) groups is 2. The number of nitrogens with zero attached hydrogens (tertiary/aromatic N) is 3. The fourth-order valence-electron chi connectivity index (χ4n) is 3.12. The Hall–Kier alpha value is -2.11. The van der Waals surface area contributed by atoms with E-state index in [1.165, 1.54) is 18.4 Å². The largest absolute Gasteiger partial charge is 0.398 e. The zero-order valence-corrected chi connectivity index (χ0v) is 16.9. The van der Waals surface area contributed by atoms with Gasteiger partial charge in [-0.05, 0) is 12.0 Å². The number of aromatic nitrogens is 1. The molecule has 1 aromatic rings. The van der Waals surface area contributed by atoms with E-state index in [9.17, 15) is 9.59 Å². The van der Waals surface area contributed by atoms with Crippen molar-refractivity contribution in [2.45, 2.75) is 24.8 Å². The number of β-lactam (4-membered cyclic amide) rings is 1. The van der Waals surface area contributed by atoms with Gasteiger partial charge in [0.1, 0.15) is 24.2 Å². The number of thiazole rings is 1. The second kappa shape index (κ2) is 8.28. The van der Waals surface area contributed by atoms with Gasteiger partial charge in [-0.15, -0.1) is 23.1 Å². The van der Waals surface area contributed by atoms with Crippen molar-refractivity contribution in [1.82, 2.24) is 15.2 Å². The minimum atomic E-state index is -0.619. The fraction of sp³-hybridized carbons (Fsp3) is 0.500. The van der Waals surface area contributed by atoms with Crippen LogP contribution in [0, 0.1) is 0 Å². The molecule has 9 nitrogen and oxygen atoms in total. The molecule has 2 unspecified atom stereocenters. The van der Waals surface area contributed by atoms with E-state index in [2.05, 4.69) is 15.5 Å². The number of rotatable bonds is 7. The summed E-state index contributed by atoms with van der Waals surface area (Å²) in [6.07, 6.45) is 0.733. The molecule has 2 atom stereocenters. The molecule has 0 saturated carbocycles. The summed E-state index contributed by atoms with van der Waals surface area (Å²) in [7, 11) is 2.98. The molecule has 0 aliphatic carbocycles. The number of fused-ring (bicyclic) bond motifs is 1. The Bertz CT molecular complexity index is 806. The molecule has 0 radical (unpaired) electrons. The molecule has 0 bridgehead atoms. The summed E-state index contributed by atoms with van der Waals surface area (Å²) < 4.78 is 5.23. The van der Waals surface area contributed by atoms with E-state index in [1.807, 2.05) is 6.92 Å². The molecule has 11 heteroatoms. The number of carbonyl (C=O) groups excluding carboxylic acids is 2. The topological polar surface area (TPSA) is 119 Å². The van der Waals surface area contributed by atoms with Gasteiger partial charge in [0.15, 0.2) is 10.8 Å². The van der Waals surface area contributed by atoms with Crippen LogP contribution in [0.25, 0.3) is 0 Å². The predicted octanol–water partition coefficient (Wildman–Crippen LogP) is 0.786. The Morgan fingerprint density at radius 3 is 2.89 bits per heavy atom. The van der Waals surface area contributed by atoms with Gasteiger partial charge in [0.25, 0.3) is 11.8 Å². The molecule has 3 rings (SSSR count). The lowest BCUT2D eigenvalue weighted by Gasteiger charge is -2.50. The SMILES string of the molecule is CCC1=C(COC)CSC2C(NC(=O)/C(=N\OC)c3csc(N)n3)C(=O)N12. The van der Waals surface area contributed by atoms with Gasteiger partial charge in [-0.3, -0.25) is 14.5 Å². The average molecular weight is 412 g/mol. The third kappa shape index (κ3) is 3.66. The van der Waals surface area contributed by atoms with Crippen LogP contribution in [-0.4, -0.2) is 65.4 Å². The average Bonchev–Trinajstić information content (AvgIpc) is 3.09. The van der Waals surface area contributed by atoms with Crippen LogP contribution in [-0.2, 0) is 19.2 Å². The number of nitrogen functional groups attached to an aromatic ring is 1. The van der Waals surface area contributed by atoms with Crippen molar-refractivity contribution in [3.63, 3.8) is 0 Å². The van der Waals surface area contributed by atoms with Gasteiger partial charge in [0.05, 0.1) is 6.61 Å². The summed E-state index contributed by atoms with van der Waals surface area (Å²) in [6.45, 7) is 2.51. The van der Waals surface area contributed by atoms with Crippen molar-refractivity contribution >= 4 is 45.8 Å². The Labute approximate surface area is 165 Å². The van der Waals surface area contributed by atoms with Crippen LogP contribution in [0.15, 0.2) is 21.8 Å². The number of methoxy groups -OCH3 is 1. The van der Waals surface area contributed by atoms with Crippen LogP contribution in [0.5, 0.6) is 0 Å². The summed E-state index contributed by atoms with van der Waals surface area (Å²) in [5, 5.41) is 8.31. The van der Waals surface area contributed by atoms with Gasteiger partial charge < -0.3 is 20.6 Å². The van der Waals surface area contributed by atoms with Gasteiger partial charge in [0, 0.05) is 23.9 Å². The Balaban J connectivity index is 1.75. The summed E-state index contributed by atoms with van der Waals surface area (Å²) >= 11 is 2.80. The molecule has 2 aliphatic heterocycles. The van der Waals surface area contributed by atoms with Crippen molar-refractivity contribution in [1.29, 1.82) is 0 Å². The van der Waals surface area contributed by atoms with Gasteiger partial charge in [0.2, 0.25) is 0 Å². The number of oxime groups is 1. The molecule has 3 N–H and O–H groups in total. The number of allylic oxidation sites excluding steroid dienone is 1. The Morgan fingerprint density at radius 2 is 2.30 bits per heavy atom. The van der Waals surface area contributed by atoms with Crippen LogP contribution < -0.4 is 11.1 Å². The minimum absolute atomic E-state index is 0.0103. The lowest BCUT2D eigenvalue weighted by atomic mass is 10.0. The molecule has 3 heterocycles. The van der Waals surface area contributed by atoms with Gasteiger partial charge >= 0.3 is 0 Å². The van der Waals surface area contributed by atoms with E-state index in [0.717, 1.165) is 23.4 Å². The normalized spacial score (nSPS) is 22.4. The first-order valence-corrected chi connectivity index (χ1v) is 10.2. The molecule has 1 fully saturated rings. The molecular weight excluding hydrogens is 390 g/mol. The van der Waals surface area contributed by atoms with Crippen LogP contribution >= 0.6 is 23.1 Å². The maximum absolute atomic E-state index is 12.7. The van der Waals surface area contributed by atoms with Crippen molar-refractivity contribution in [2.75, 3.05) is 32.3 Å². The monoisotopic (exact) mass is 411 g/mol. The molecule has 1 saturated heterocycles. The summed E-state index contributed by atoms with van der Waals surface area (Å²) in [5.41, 5.74) is 8.02. The number of hydrogen-bond donors (Lipinski definition) is 2. The second-order valence-electron chi connectivity index (χ2n) is 5.89. The fourth-order valence-corrected chi connectivity index (χ4v) is 5.04. The molecule has 1 aromatic heterocycles. The lowest BCUT2D eigenvalue weighted by Crippen LogP contribution is -2.70. The zero-order chi connectivity index (χ0) is 19.6. The van der Waals surface area contributed by atoms with Crippen molar-refractivity contribution in [3.8, 4) is 0 Å². The summed E-state index contributed by atoms with van der Waals surface area (Å²) in [6, 6.07) is -0.619. The summed E-state index contributed by atoms with van der Waals surface area (Å²) in [4.78, 5) is 35.9. The van der Waals surface area contributed by atoms with E-state index in [4.69, 9.17) is 15.3 Å². The van der Waals surface area contributed by atoms with Gasteiger partial charge in [-0.25, -0.2) is 4.98 Å². The maximum atomic E-state index is 12.7. The highest BCUT2D eigenvalue weighted by Gasteiger charge is 2.52. The number of amides is 2. The van der Waals surface area contributed by atoms with Crippen LogP contribution in [0.3, 0.4) is 0 Å². The number of hydrogen-bond acceptors (Lipinski definition) is 9. The number of thioether (sulfide) groups is 1.